The molecule has 0 unspecified atom stereocenters. The van der Waals surface area contributed by atoms with E-state index >= 15 is 0 Å². The maximum Gasteiger partial charge on any atom is 0.303 e. The van der Waals surface area contributed by atoms with Crippen LogP contribution in [-0.4, -0.2) is 40.2 Å². The third kappa shape index (κ3) is 21.5. The second-order valence-electron chi connectivity index (χ2n) is 7.29. The highest BCUT2D eigenvalue weighted by molar-refractivity contribution is 9.09. The van der Waals surface area contributed by atoms with E-state index in [2.05, 4.69) is 15.9 Å². The molecule has 6 heteroatoms. The SMILES string of the molecule is O=C(O)CCCCCCCC(CCCCCCCC(=O)O)OCCCCBr. The van der Waals surface area contributed by atoms with Crippen LogP contribution in [0, 0.1) is 0 Å². The Labute approximate surface area is 173 Å². The number of carboxylic acids is 2. The smallest absolute Gasteiger partial charge is 0.303 e. The molecule has 5 nitrogen and oxygen atoms in total. The first-order chi connectivity index (χ1) is 13.1. The van der Waals surface area contributed by atoms with E-state index in [1.807, 2.05) is 0 Å². The van der Waals surface area contributed by atoms with Gasteiger partial charge in [-0.15, -0.1) is 0 Å². The molecule has 0 saturated heterocycles. The Morgan fingerprint density at radius 2 is 1.11 bits per heavy atom. The number of halogens is 1. The summed E-state index contributed by atoms with van der Waals surface area (Å²) in [6.45, 7) is 0.827. The standard InChI is InChI=1S/C21H39BrO5/c22-17-11-12-18-27-19(13-7-3-1-5-9-15-20(23)24)14-8-4-2-6-10-16-21(25)26/h19H,1-18H2,(H,23,24)(H,25,26). The van der Waals surface area contributed by atoms with E-state index < -0.39 is 11.9 Å². The molecule has 160 valence electrons. The van der Waals surface area contributed by atoms with Crippen molar-refractivity contribution in [2.24, 2.45) is 0 Å². The van der Waals surface area contributed by atoms with E-state index in [4.69, 9.17) is 14.9 Å². The molecular weight excluding hydrogens is 412 g/mol. The zero-order chi connectivity index (χ0) is 20.2. The molecule has 0 fully saturated rings. The zero-order valence-electron chi connectivity index (χ0n) is 16.8. The summed E-state index contributed by atoms with van der Waals surface area (Å²) in [5.41, 5.74) is 0. The lowest BCUT2D eigenvalue weighted by Gasteiger charge is -2.18. The van der Waals surface area contributed by atoms with E-state index in [0.29, 0.717) is 6.10 Å². The Kier molecular flexibility index (Phi) is 19.7. The van der Waals surface area contributed by atoms with Crippen LogP contribution < -0.4 is 0 Å². The third-order valence-corrected chi connectivity index (χ3v) is 5.28. The summed E-state index contributed by atoms with van der Waals surface area (Å²) < 4.78 is 6.09. The van der Waals surface area contributed by atoms with Crippen molar-refractivity contribution in [1.82, 2.24) is 0 Å². The molecule has 0 aromatic rings. The van der Waals surface area contributed by atoms with E-state index in [1.54, 1.807) is 0 Å². The highest BCUT2D eigenvalue weighted by Crippen LogP contribution is 2.17. The number of unbranched alkanes of at least 4 members (excludes halogenated alkanes) is 9. The Hall–Kier alpha value is -0.620. The molecule has 0 aliphatic carbocycles. The highest BCUT2D eigenvalue weighted by Gasteiger charge is 2.09. The minimum Gasteiger partial charge on any atom is -0.481 e. The first-order valence-corrected chi connectivity index (χ1v) is 11.8. The molecular formula is C21H39BrO5. The molecule has 0 bridgehead atoms. The quantitative estimate of drug-likeness (QED) is 0.161. The number of hydrogen-bond acceptors (Lipinski definition) is 3. The Morgan fingerprint density at radius 3 is 1.56 bits per heavy atom. The molecule has 0 radical (unpaired) electrons. The van der Waals surface area contributed by atoms with Gasteiger partial charge < -0.3 is 14.9 Å². The van der Waals surface area contributed by atoms with Crippen LogP contribution in [0.5, 0.6) is 0 Å². The van der Waals surface area contributed by atoms with Crippen LogP contribution in [0.15, 0.2) is 0 Å². The lowest BCUT2D eigenvalue weighted by molar-refractivity contribution is -0.138. The maximum atomic E-state index is 10.5. The topological polar surface area (TPSA) is 83.8 Å². The summed E-state index contributed by atoms with van der Waals surface area (Å²) in [7, 11) is 0. The van der Waals surface area contributed by atoms with Crippen molar-refractivity contribution >= 4 is 27.9 Å². The van der Waals surface area contributed by atoms with Gasteiger partial charge in [0.15, 0.2) is 0 Å². The summed E-state index contributed by atoms with van der Waals surface area (Å²) in [5, 5.41) is 18.3. The molecule has 0 rings (SSSR count). The lowest BCUT2D eigenvalue weighted by Crippen LogP contribution is -2.14. The molecule has 2 N–H and O–H groups in total. The van der Waals surface area contributed by atoms with Gasteiger partial charge in [-0.05, 0) is 38.5 Å². The zero-order valence-corrected chi connectivity index (χ0v) is 18.4. The second kappa shape index (κ2) is 20.1. The number of carbonyl (C=O) groups is 2. The number of carboxylic acid groups (broad SMARTS) is 2. The first-order valence-electron chi connectivity index (χ1n) is 10.7. The van der Waals surface area contributed by atoms with Crippen molar-refractivity contribution in [3.63, 3.8) is 0 Å². The fraction of sp³-hybridized carbons (Fsp3) is 0.905. The van der Waals surface area contributed by atoms with Gasteiger partial charge in [0, 0.05) is 24.8 Å². The van der Waals surface area contributed by atoms with Crippen molar-refractivity contribution in [2.75, 3.05) is 11.9 Å². The van der Waals surface area contributed by atoms with Crippen molar-refractivity contribution in [1.29, 1.82) is 0 Å². The Balaban J connectivity index is 3.79. The van der Waals surface area contributed by atoms with Crippen molar-refractivity contribution in [3.05, 3.63) is 0 Å². The van der Waals surface area contributed by atoms with Crippen LogP contribution >= 0.6 is 15.9 Å². The normalized spacial score (nSPS) is 11.2. The van der Waals surface area contributed by atoms with Crippen molar-refractivity contribution in [3.8, 4) is 0 Å². The van der Waals surface area contributed by atoms with Crippen LogP contribution in [0.2, 0.25) is 0 Å². The van der Waals surface area contributed by atoms with Gasteiger partial charge in [-0.1, -0.05) is 67.3 Å². The van der Waals surface area contributed by atoms with Crippen molar-refractivity contribution in [2.45, 2.75) is 109 Å². The average Bonchev–Trinajstić information content (AvgIpc) is 2.62. The van der Waals surface area contributed by atoms with Gasteiger partial charge in [0.1, 0.15) is 0 Å². The summed E-state index contributed by atoms with van der Waals surface area (Å²) in [5.74, 6) is -1.40. The van der Waals surface area contributed by atoms with E-state index in [1.165, 1.54) is 0 Å². The molecule has 0 aliphatic rings. The number of ether oxygens (including phenoxy) is 1. The minimum absolute atomic E-state index is 0.284. The van der Waals surface area contributed by atoms with Crippen LogP contribution in [0.3, 0.4) is 0 Å². The molecule has 0 aliphatic heterocycles. The summed E-state index contributed by atoms with van der Waals surface area (Å²) >= 11 is 3.45. The van der Waals surface area contributed by atoms with Crippen molar-refractivity contribution < 1.29 is 24.5 Å². The molecule has 0 aromatic carbocycles. The maximum absolute atomic E-state index is 10.5. The molecule has 0 saturated carbocycles. The summed E-state index contributed by atoms with van der Waals surface area (Å²) in [6, 6.07) is 0. The summed E-state index contributed by atoms with van der Waals surface area (Å²) in [4.78, 5) is 21.0. The summed E-state index contributed by atoms with van der Waals surface area (Å²) in [6.07, 6.45) is 15.7. The number of rotatable bonds is 21. The van der Waals surface area contributed by atoms with Crippen LogP contribution in [-0.2, 0) is 14.3 Å². The monoisotopic (exact) mass is 450 g/mol. The van der Waals surface area contributed by atoms with E-state index in [9.17, 15) is 9.59 Å². The van der Waals surface area contributed by atoms with Gasteiger partial charge in [0.2, 0.25) is 0 Å². The van der Waals surface area contributed by atoms with Gasteiger partial charge in [0.25, 0.3) is 0 Å². The molecule has 0 spiro atoms. The third-order valence-electron chi connectivity index (χ3n) is 4.72. The van der Waals surface area contributed by atoms with Crippen LogP contribution in [0.4, 0.5) is 0 Å². The predicted molar refractivity (Wildman–Crippen MR) is 113 cm³/mol. The largest absolute Gasteiger partial charge is 0.481 e. The number of alkyl halides is 1. The number of aliphatic carboxylic acids is 2. The molecule has 27 heavy (non-hydrogen) atoms. The highest BCUT2D eigenvalue weighted by atomic mass is 79.9. The van der Waals surface area contributed by atoms with E-state index in [-0.39, 0.29) is 12.8 Å². The van der Waals surface area contributed by atoms with Gasteiger partial charge in [-0.25, -0.2) is 0 Å². The second-order valence-corrected chi connectivity index (χ2v) is 8.08. The van der Waals surface area contributed by atoms with Gasteiger partial charge in [-0.2, -0.15) is 0 Å². The van der Waals surface area contributed by atoms with Crippen LogP contribution in [0.25, 0.3) is 0 Å². The fourth-order valence-corrected chi connectivity index (χ4v) is 3.51. The molecule has 0 heterocycles. The Morgan fingerprint density at radius 1 is 0.667 bits per heavy atom. The first kappa shape index (κ1) is 26.4. The lowest BCUT2D eigenvalue weighted by atomic mass is 10.0. The van der Waals surface area contributed by atoms with E-state index in [0.717, 1.165) is 102 Å². The number of hydrogen-bond donors (Lipinski definition) is 2. The molecule has 0 amide bonds. The minimum atomic E-state index is -0.699. The van der Waals surface area contributed by atoms with Gasteiger partial charge in [0.05, 0.1) is 6.10 Å². The predicted octanol–water partition coefficient (Wildman–Crippen LogP) is 6.18. The fourth-order valence-electron chi connectivity index (χ4n) is 3.11. The molecule has 0 atom stereocenters. The average molecular weight is 451 g/mol. The van der Waals surface area contributed by atoms with Gasteiger partial charge in [-0.3, -0.25) is 9.59 Å². The van der Waals surface area contributed by atoms with Gasteiger partial charge >= 0.3 is 11.9 Å². The van der Waals surface area contributed by atoms with Crippen LogP contribution in [0.1, 0.15) is 103 Å². The molecule has 0 aromatic heterocycles. The Bertz CT molecular complexity index is 334.